The van der Waals surface area contributed by atoms with Gasteiger partial charge in [-0.1, -0.05) is 0 Å². The number of rotatable bonds is 2. The Morgan fingerprint density at radius 1 is 1.07 bits per heavy atom. The van der Waals surface area contributed by atoms with Crippen molar-refractivity contribution in [3.05, 3.63) is 40.2 Å². The van der Waals surface area contributed by atoms with Crippen LogP contribution in [0.25, 0.3) is 0 Å². The number of hydrogen-bond acceptors (Lipinski definition) is 4. The van der Waals surface area contributed by atoms with Crippen molar-refractivity contribution >= 4 is 28.4 Å². The zero-order chi connectivity index (χ0) is 10.7. The first kappa shape index (κ1) is 10.2. The lowest BCUT2D eigenvalue weighted by molar-refractivity contribution is 0.460. The third kappa shape index (κ3) is 2.79. The van der Waals surface area contributed by atoms with Gasteiger partial charge in [-0.05, 0) is 46.9 Å². The van der Waals surface area contributed by atoms with Crippen molar-refractivity contribution in [2.75, 3.05) is 5.73 Å². The molecule has 0 atom stereocenters. The molecule has 2 rings (SSSR count). The molecule has 15 heavy (non-hydrogen) atoms. The van der Waals surface area contributed by atoms with E-state index in [1.165, 1.54) is 12.4 Å². The van der Waals surface area contributed by atoms with Crippen LogP contribution in [0.15, 0.2) is 36.7 Å². The first-order valence-electron chi connectivity index (χ1n) is 4.25. The molecule has 5 heteroatoms. The van der Waals surface area contributed by atoms with Gasteiger partial charge >= 0.3 is 0 Å². The van der Waals surface area contributed by atoms with E-state index < -0.39 is 0 Å². The zero-order valence-electron chi connectivity index (χ0n) is 7.72. The summed E-state index contributed by atoms with van der Waals surface area (Å²) in [5.74, 6) is 1.55. The van der Waals surface area contributed by atoms with Crippen LogP contribution in [-0.2, 0) is 0 Å². The topological polar surface area (TPSA) is 61.0 Å². The molecule has 0 aliphatic carbocycles. The first-order valence-corrected chi connectivity index (χ1v) is 5.33. The number of nitrogen functional groups attached to an aromatic ring is 1. The molecule has 1 aromatic heterocycles. The fourth-order valence-corrected chi connectivity index (χ4v) is 1.36. The van der Waals surface area contributed by atoms with Crippen LogP contribution in [0.5, 0.6) is 11.6 Å². The van der Waals surface area contributed by atoms with Crippen LogP contribution in [0, 0.1) is 3.57 Å². The predicted molar refractivity (Wildman–Crippen MR) is 65.7 cm³/mol. The summed E-state index contributed by atoms with van der Waals surface area (Å²) >= 11 is 2.23. The number of ether oxygens (including phenoxy) is 1. The maximum absolute atomic E-state index is 5.46. The molecule has 0 aliphatic rings. The Labute approximate surface area is 101 Å². The second-order valence-corrected chi connectivity index (χ2v) is 4.08. The summed E-state index contributed by atoms with van der Waals surface area (Å²) in [6.45, 7) is 0. The van der Waals surface area contributed by atoms with Gasteiger partial charge in [0.1, 0.15) is 11.6 Å². The molecule has 0 spiro atoms. The van der Waals surface area contributed by atoms with Crippen molar-refractivity contribution in [3.8, 4) is 11.6 Å². The van der Waals surface area contributed by atoms with Crippen molar-refractivity contribution in [3.63, 3.8) is 0 Å². The molecular weight excluding hydrogens is 305 g/mol. The third-order valence-corrected chi connectivity index (χ3v) is 2.40. The summed E-state index contributed by atoms with van der Waals surface area (Å²) in [4.78, 5) is 7.87. The van der Waals surface area contributed by atoms with Crippen LogP contribution in [-0.4, -0.2) is 9.97 Å². The summed E-state index contributed by atoms with van der Waals surface area (Å²) in [7, 11) is 0. The number of anilines is 1. The average Bonchev–Trinajstić information content (AvgIpc) is 2.25. The third-order valence-electron chi connectivity index (χ3n) is 1.68. The Kier molecular flexibility index (Phi) is 3.00. The van der Waals surface area contributed by atoms with E-state index in [0.29, 0.717) is 11.7 Å². The van der Waals surface area contributed by atoms with Crippen LogP contribution >= 0.6 is 22.6 Å². The van der Waals surface area contributed by atoms with E-state index in [1.807, 2.05) is 24.3 Å². The normalized spacial score (nSPS) is 9.93. The van der Waals surface area contributed by atoms with Gasteiger partial charge in [0, 0.05) is 3.57 Å². The molecule has 0 radical (unpaired) electrons. The van der Waals surface area contributed by atoms with Gasteiger partial charge in [-0.2, -0.15) is 0 Å². The van der Waals surface area contributed by atoms with Crippen LogP contribution < -0.4 is 10.5 Å². The molecule has 0 amide bonds. The van der Waals surface area contributed by atoms with Gasteiger partial charge in [0.2, 0.25) is 5.88 Å². The van der Waals surface area contributed by atoms with Crippen molar-refractivity contribution in [2.45, 2.75) is 0 Å². The Bertz CT molecular complexity index is 398. The largest absolute Gasteiger partial charge is 0.438 e. The van der Waals surface area contributed by atoms with E-state index in [4.69, 9.17) is 10.5 Å². The van der Waals surface area contributed by atoms with Crippen molar-refractivity contribution in [2.24, 2.45) is 0 Å². The molecule has 1 aromatic carbocycles. The van der Waals surface area contributed by atoms with Crippen molar-refractivity contribution in [1.29, 1.82) is 0 Å². The van der Waals surface area contributed by atoms with Crippen LogP contribution in [0.4, 0.5) is 5.82 Å². The van der Waals surface area contributed by atoms with E-state index in [9.17, 15) is 0 Å². The van der Waals surface area contributed by atoms with Crippen LogP contribution in [0.2, 0.25) is 0 Å². The second-order valence-electron chi connectivity index (χ2n) is 2.84. The Morgan fingerprint density at radius 3 is 2.40 bits per heavy atom. The predicted octanol–water partition coefficient (Wildman–Crippen LogP) is 2.46. The lowest BCUT2D eigenvalue weighted by atomic mass is 10.3. The maximum Gasteiger partial charge on any atom is 0.237 e. The van der Waals surface area contributed by atoms with Gasteiger partial charge in [0.25, 0.3) is 0 Å². The number of nitrogens with zero attached hydrogens (tertiary/aromatic N) is 2. The average molecular weight is 313 g/mol. The van der Waals surface area contributed by atoms with E-state index in [2.05, 4.69) is 32.6 Å². The maximum atomic E-state index is 5.46. The van der Waals surface area contributed by atoms with Gasteiger partial charge in [-0.25, -0.2) is 9.97 Å². The molecule has 0 unspecified atom stereocenters. The first-order chi connectivity index (χ1) is 7.24. The quantitative estimate of drug-likeness (QED) is 0.865. The highest BCUT2D eigenvalue weighted by molar-refractivity contribution is 14.1. The zero-order valence-corrected chi connectivity index (χ0v) is 9.88. The van der Waals surface area contributed by atoms with Crippen LogP contribution in [0.3, 0.4) is 0 Å². The highest BCUT2D eigenvalue weighted by Gasteiger charge is 1.98. The van der Waals surface area contributed by atoms with Gasteiger partial charge in [0.05, 0.1) is 12.4 Å². The molecule has 0 saturated heterocycles. The van der Waals surface area contributed by atoms with Gasteiger partial charge in [-0.15, -0.1) is 0 Å². The summed E-state index contributed by atoms with van der Waals surface area (Å²) in [5, 5.41) is 0. The minimum atomic E-state index is 0.380. The molecule has 76 valence electrons. The van der Waals surface area contributed by atoms with Gasteiger partial charge < -0.3 is 10.5 Å². The molecule has 2 aromatic rings. The number of halogens is 1. The number of aromatic nitrogens is 2. The summed E-state index contributed by atoms with van der Waals surface area (Å²) in [6.07, 6.45) is 2.95. The molecular formula is C10H8IN3O. The monoisotopic (exact) mass is 313 g/mol. The summed E-state index contributed by atoms with van der Waals surface area (Å²) in [5.41, 5.74) is 5.41. The van der Waals surface area contributed by atoms with E-state index in [1.54, 1.807) is 0 Å². The van der Waals surface area contributed by atoms with Crippen molar-refractivity contribution in [1.82, 2.24) is 9.97 Å². The van der Waals surface area contributed by atoms with E-state index in [-0.39, 0.29) is 0 Å². The Hall–Kier alpha value is -1.37. The highest BCUT2D eigenvalue weighted by Crippen LogP contribution is 2.19. The molecule has 1 heterocycles. The SMILES string of the molecule is Nc1cnc(Oc2ccc(I)cc2)cn1. The number of nitrogens with two attached hydrogens (primary N) is 1. The molecule has 4 nitrogen and oxygen atoms in total. The second kappa shape index (κ2) is 4.43. The Balaban J connectivity index is 2.15. The summed E-state index contributed by atoms with van der Waals surface area (Å²) in [6, 6.07) is 7.67. The van der Waals surface area contributed by atoms with Gasteiger partial charge in [0.15, 0.2) is 0 Å². The standard InChI is InChI=1S/C10H8IN3O/c11-7-1-3-8(4-2-7)15-10-6-13-9(12)5-14-10/h1-6H,(H2,12,13). The summed E-state index contributed by atoms with van der Waals surface area (Å²) < 4.78 is 6.61. The fourth-order valence-electron chi connectivity index (χ4n) is 1.00. The lowest BCUT2D eigenvalue weighted by Gasteiger charge is -2.03. The molecule has 0 aliphatic heterocycles. The Morgan fingerprint density at radius 2 is 1.80 bits per heavy atom. The van der Waals surface area contributed by atoms with E-state index >= 15 is 0 Å². The lowest BCUT2D eigenvalue weighted by Crippen LogP contribution is -1.93. The highest BCUT2D eigenvalue weighted by atomic mass is 127. The number of hydrogen-bond donors (Lipinski definition) is 1. The molecule has 0 bridgehead atoms. The fraction of sp³-hybridized carbons (Fsp3) is 0. The molecule has 0 saturated carbocycles. The van der Waals surface area contributed by atoms with E-state index in [0.717, 1.165) is 9.32 Å². The number of benzene rings is 1. The minimum Gasteiger partial charge on any atom is -0.438 e. The van der Waals surface area contributed by atoms with Gasteiger partial charge in [-0.3, -0.25) is 0 Å². The smallest absolute Gasteiger partial charge is 0.237 e. The minimum absolute atomic E-state index is 0.380. The van der Waals surface area contributed by atoms with Crippen LogP contribution in [0.1, 0.15) is 0 Å². The molecule has 0 fully saturated rings. The molecule has 2 N–H and O–H groups in total. The van der Waals surface area contributed by atoms with Crippen molar-refractivity contribution < 1.29 is 4.74 Å².